The van der Waals surface area contributed by atoms with E-state index in [-0.39, 0.29) is 25.0 Å². The molecule has 1 unspecified atom stereocenters. The summed E-state index contributed by atoms with van der Waals surface area (Å²) in [4.78, 5) is 30.1. The molecular formula is C20H27N3O5. The molecule has 2 aromatic rings. The quantitative estimate of drug-likeness (QED) is 0.547. The summed E-state index contributed by atoms with van der Waals surface area (Å²) < 4.78 is 17.5. The molecule has 152 valence electrons. The number of amides is 1. The van der Waals surface area contributed by atoms with E-state index in [1.807, 2.05) is 10.8 Å². The Labute approximate surface area is 165 Å². The first-order valence-corrected chi connectivity index (χ1v) is 9.11. The van der Waals surface area contributed by atoms with Gasteiger partial charge in [-0.25, -0.2) is 4.98 Å². The summed E-state index contributed by atoms with van der Waals surface area (Å²) in [5.74, 6) is 0.248. The Balaban J connectivity index is 1.94. The van der Waals surface area contributed by atoms with E-state index in [1.54, 1.807) is 55.7 Å². The molecule has 0 spiro atoms. The van der Waals surface area contributed by atoms with Gasteiger partial charge in [0.2, 0.25) is 0 Å². The van der Waals surface area contributed by atoms with Crippen LogP contribution < -0.4 is 9.47 Å². The molecule has 0 radical (unpaired) electrons. The number of hydrogen-bond acceptors (Lipinski definition) is 6. The van der Waals surface area contributed by atoms with Gasteiger partial charge in [-0.05, 0) is 18.6 Å². The fraction of sp³-hybridized carbons (Fsp3) is 0.450. The molecule has 2 rings (SSSR count). The van der Waals surface area contributed by atoms with Gasteiger partial charge in [0, 0.05) is 38.1 Å². The topological polar surface area (TPSA) is 82.9 Å². The second-order valence-electron chi connectivity index (χ2n) is 6.39. The summed E-state index contributed by atoms with van der Waals surface area (Å²) in [6, 6.07) is 7.07. The van der Waals surface area contributed by atoms with Crippen molar-refractivity contribution in [2.45, 2.75) is 19.9 Å². The van der Waals surface area contributed by atoms with Crippen molar-refractivity contribution in [3.63, 3.8) is 0 Å². The molecule has 0 saturated carbocycles. The normalized spacial score (nSPS) is 11.5. The van der Waals surface area contributed by atoms with E-state index in [9.17, 15) is 9.59 Å². The fourth-order valence-corrected chi connectivity index (χ4v) is 2.71. The number of carbonyl (C=O) groups excluding carboxylic acids is 2. The lowest BCUT2D eigenvalue weighted by Crippen LogP contribution is -2.40. The number of carbonyl (C=O) groups is 2. The van der Waals surface area contributed by atoms with Crippen molar-refractivity contribution in [1.82, 2.24) is 14.5 Å². The van der Waals surface area contributed by atoms with Gasteiger partial charge in [0.05, 0.1) is 26.5 Å². The lowest BCUT2D eigenvalue weighted by atomic mass is 10.1. The molecule has 1 amide bonds. The first-order valence-electron chi connectivity index (χ1n) is 9.11. The molecule has 1 heterocycles. The van der Waals surface area contributed by atoms with Gasteiger partial charge in [-0.3, -0.25) is 9.59 Å². The third-order valence-electron chi connectivity index (χ3n) is 4.26. The van der Waals surface area contributed by atoms with Crippen LogP contribution in [-0.4, -0.2) is 60.2 Å². The number of hydrogen-bond donors (Lipinski definition) is 0. The van der Waals surface area contributed by atoms with Crippen LogP contribution in [0.1, 0.15) is 13.3 Å². The third-order valence-corrected chi connectivity index (χ3v) is 4.26. The second kappa shape index (κ2) is 11.0. The molecule has 1 atom stereocenters. The molecule has 0 aliphatic carbocycles. The summed E-state index contributed by atoms with van der Waals surface area (Å²) >= 11 is 0. The Hall–Kier alpha value is -3.03. The van der Waals surface area contributed by atoms with E-state index in [1.165, 1.54) is 7.11 Å². The number of nitrogens with zero attached hydrogens (tertiary/aromatic N) is 3. The smallest absolute Gasteiger partial charge is 0.310 e. The summed E-state index contributed by atoms with van der Waals surface area (Å²) in [7, 11) is 2.91. The Morgan fingerprint density at radius 1 is 1.25 bits per heavy atom. The van der Waals surface area contributed by atoms with Gasteiger partial charge in [-0.2, -0.15) is 0 Å². The zero-order chi connectivity index (χ0) is 20.4. The average molecular weight is 389 g/mol. The highest BCUT2D eigenvalue weighted by Crippen LogP contribution is 2.19. The molecule has 0 N–H and O–H groups in total. The first-order chi connectivity index (χ1) is 13.5. The van der Waals surface area contributed by atoms with E-state index in [4.69, 9.17) is 14.2 Å². The molecule has 0 bridgehead atoms. The van der Waals surface area contributed by atoms with Crippen LogP contribution in [0.25, 0.3) is 0 Å². The monoisotopic (exact) mass is 389 g/mol. The number of ether oxygens (including phenoxy) is 3. The highest BCUT2D eigenvalue weighted by molar-refractivity contribution is 5.79. The molecule has 8 nitrogen and oxygen atoms in total. The Bertz CT molecular complexity index is 748. The van der Waals surface area contributed by atoms with Gasteiger partial charge in [0.15, 0.2) is 6.61 Å². The van der Waals surface area contributed by atoms with E-state index < -0.39 is 5.92 Å². The van der Waals surface area contributed by atoms with E-state index in [0.717, 1.165) is 13.0 Å². The largest absolute Gasteiger partial charge is 0.497 e. The number of imidazole rings is 1. The van der Waals surface area contributed by atoms with Crippen LogP contribution >= 0.6 is 0 Å². The Morgan fingerprint density at radius 2 is 2.04 bits per heavy atom. The van der Waals surface area contributed by atoms with Crippen LogP contribution in [0.4, 0.5) is 0 Å². The zero-order valence-electron chi connectivity index (χ0n) is 16.5. The molecule has 0 aliphatic heterocycles. The van der Waals surface area contributed by atoms with Crippen molar-refractivity contribution in [2.75, 3.05) is 33.9 Å². The van der Waals surface area contributed by atoms with Crippen LogP contribution in [0.3, 0.4) is 0 Å². The van der Waals surface area contributed by atoms with Crippen molar-refractivity contribution >= 4 is 11.9 Å². The predicted molar refractivity (Wildman–Crippen MR) is 103 cm³/mol. The lowest BCUT2D eigenvalue weighted by molar-refractivity contribution is -0.146. The van der Waals surface area contributed by atoms with Gasteiger partial charge in [0.25, 0.3) is 5.91 Å². The summed E-state index contributed by atoms with van der Waals surface area (Å²) in [5, 5.41) is 0. The number of aromatic nitrogens is 2. The molecule has 1 aromatic carbocycles. The maximum absolute atomic E-state index is 12.7. The van der Waals surface area contributed by atoms with E-state index in [2.05, 4.69) is 4.98 Å². The lowest BCUT2D eigenvalue weighted by Gasteiger charge is -2.25. The minimum absolute atomic E-state index is 0.119. The van der Waals surface area contributed by atoms with Crippen molar-refractivity contribution in [2.24, 2.45) is 5.92 Å². The van der Waals surface area contributed by atoms with Gasteiger partial charge in [0.1, 0.15) is 11.5 Å². The minimum Gasteiger partial charge on any atom is -0.497 e. The van der Waals surface area contributed by atoms with E-state index in [0.29, 0.717) is 18.0 Å². The highest BCUT2D eigenvalue weighted by atomic mass is 16.5. The highest BCUT2D eigenvalue weighted by Gasteiger charge is 2.21. The van der Waals surface area contributed by atoms with Crippen LogP contribution in [0.2, 0.25) is 0 Å². The second-order valence-corrected chi connectivity index (χ2v) is 6.39. The van der Waals surface area contributed by atoms with E-state index >= 15 is 0 Å². The summed E-state index contributed by atoms with van der Waals surface area (Å²) in [6.45, 7) is 3.13. The Kier molecular flexibility index (Phi) is 8.33. The van der Waals surface area contributed by atoms with Crippen molar-refractivity contribution in [1.29, 1.82) is 0 Å². The summed E-state index contributed by atoms with van der Waals surface area (Å²) in [6.07, 6.45) is 6.05. The molecule has 0 aliphatic rings. The van der Waals surface area contributed by atoms with Gasteiger partial charge in [-0.1, -0.05) is 13.0 Å². The number of methoxy groups -OCH3 is 2. The number of esters is 1. The average Bonchev–Trinajstić information content (AvgIpc) is 3.24. The zero-order valence-corrected chi connectivity index (χ0v) is 16.5. The van der Waals surface area contributed by atoms with Crippen molar-refractivity contribution < 1.29 is 23.8 Å². The fourth-order valence-electron chi connectivity index (χ4n) is 2.71. The van der Waals surface area contributed by atoms with Gasteiger partial charge in [-0.15, -0.1) is 0 Å². The summed E-state index contributed by atoms with van der Waals surface area (Å²) in [5.41, 5.74) is 0. The molecule has 0 fully saturated rings. The standard InChI is InChI=1S/C20H27N3O5/c1-16(20(25)27-3)13-23(10-5-9-22-11-8-21-15-22)19(24)14-28-18-7-4-6-17(12-18)26-2/h4,6-8,11-12,15-16H,5,9-10,13-14H2,1-3H3. The Morgan fingerprint density at radius 3 is 2.71 bits per heavy atom. The molecule has 8 heteroatoms. The number of rotatable bonds is 11. The van der Waals surface area contributed by atoms with Gasteiger partial charge < -0.3 is 23.7 Å². The molecular weight excluding hydrogens is 362 g/mol. The van der Waals surface area contributed by atoms with Crippen LogP contribution in [0, 0.1) is 5.92 Å². The van der Waals surface area contributed by atoms with Crippen molar-refractivity contribution in [3.8, 4) is 11.5 Å². The van der Waals surface area contributed by atoms with Crippen LogP contribution in [0.5, 0.6) is 11.5 Å². The van der Waals surface area contributed by atoms with Crippen LogP contribution in [0.15, 0.2) is 43.0 Å². The predicted octanol–water partition coefficient (Wildman–Crippen LogP) is 2.00. The maximum Gasteiger partial charge on any atom is 0.310 e. The van der Waals surface area contributed by atoms with Crippen LogP contribution in [-0.2, 0) is 20.9 Å². The molecule has 28 heavy (non-hydrogen) atoms. The number of aryl methyl sites for hydroxylation is 1. The first kappa shape index (κ1) is 21.3. The van der Waals surface area contributed by atoms with Crippen molar-refractivity contribution in [3.05, 3.63) is 43.0 Å². The SMILES string of the molecule is COC(=O)C(C)CN(CCCn1ccnc1)C(=O)COc1cccc(OC)c1. The molecule has 0 saturated heterocycles. The van der Waals surface area contributed by atoms with Gasteiger partial charge >= 0.3 is 5.97 Å². The molecule has 1 aromatic heterocycles. The third kappa shape index (κ3) is 6.61. The number of benzene rings is 1. The maximum atomic E-state index is 12.7. The minimum atomic E-state index is -0.418.